The van der Waals surface area contributed by atoms with E-state index in [0.717, 1.165) is 15.2 Å². The Morgan fingerprint density at radius 1 is 1.28 bits per heavy atom. The molecule has 0 spiro atoms. The highest BCUT2D eigenvalue weighted by atomic mass is 35.5. The largest absolute Gasteiger partial charge is 0.333 e. The molecule has 1 atom stereocenters. The summed E-state index contributed by atoms with van der Waals surface area (Å²) in [6, 6.07) is 12.1. The number of benzene rings is 2. The SMILES string of the molecule is C[C@H](c1nc2ccccc2s1)N(C)C(=O)/C=C/c1c(F)cccc1Cl. The van der Waals surface area contributed by atoms with Crippen LogP contribution in [0.25, 0.3) is 16.3 Å². The lowest BCUT2D eigenvalue weighted by Gasteiger charge is -2.21. The van der Waals surface area contributed by atoms with Crippen LogP contribution in [0.2, 0.25) is 5.02 Å². The zero-order chi connectivity index (χ0) is 18.0. The number of hydrogen-bond acceptors (Lipinski definition) is 3. The van der Waals surface area contributed by atoms with Gasteiger partial charge in [0.2, 0.25) is 5.91 Å². The summed E-state index contributed by atoms with van der Waals surface area (Å²) in [5.41, 5.74) is 1.13. The number of amides is 1. The standard InChI is InChI=1S/C19H16ClFN2OS/c1-12(19-22-16-8-3-4-9-17(16)25-19)23(2)18(24)11-10-13-14(20)6-5-7-15(13)21/h3-12H,1-2H3/b11-10+/t12-/m1/s1. The van der Waals surface area contributed by atoms with Crippen molar-refractivity contribution in [1.82, 2.24) is 9.88 Å². The monoisotopic (exact) mass is 374 g/mol. The number of carbonyl (C=O) groups excluding carboxylic acids is 1. The molecule has 3 nitrogen and oxygen atoms in total. The van der Waals surface area contributed by atoms with Gasteiger partial charge in [-0.2, -0.15) is 0 Å². The van der Waals surface area contributed by atoms with Crippen molar-refractivity contribution in [3.63, 3.8) is 0 Å². The van der Waals surface area contributed by atoms with Gasteiger partial charge in [-0.3, -0.25) is 4.79 Å². The number of thiazole rings is 1. The smallest absolute Gasteiger partial charge is 0.246 e. The molecule has 25 heavy (non-hydrogen) atoms. The molecule has 1 heterocycles. The number of hydrogen-bond donors (Lipinski definition) is 0. The van der Waals surface area contributed by atoms with Gasteiger partial charge in [0.1, 0.15) is 10.8 Å². The molecule has 0 bridgehead atoms. The first-order valence-electron chi connectivity index (χ1n) is 7.71. The molecule has 2 aromatic carbocycles. The van der Waals surface area contributed by atoms with Gasteiger partial charge in [0.15, 0.2) is 0 Å². The Kier molecular flexibility index (Phi) is 5.16. The molecule has 1 amide bonds. The van der Waals surface area contributed by atoms with Crippen molar-refractivity contribution in [3.05, 3.63) is 70.0 Å². The van der Waals surface area contributed by atoms with Gasteiger partial charge in [-0.15, -0.1) is 11.3 Å². The third-order valence-electron chi connectivity index (χ3n) is 3.99. The van der Waals surface area contributed by atoms with Crippen LogP contribution >= 0.6 is 22.9 Å². The molecule has 3 rings (SSSR count). The minimum atomic E-state index is -0.460. The minimum Gasteiger partial charge on any atom is -0.333 e. The van der Waals surface area contributed by atoms with Crippen LogP contribution < -0.4 is 0 Å². The number of aromatic nitrogens is 1. The van der Waals surface area contributed by atoms with Crippen LogP contribution in [-0.4, -0.2) is 22.8 Å². The summed E-state index contributed by atoms with van der Waals surface area (Å²) in [6.07, 6.45) is 2.73. The normalized spacial score (nSPS) is 12.6. The zero-order valence-electron chi connectivity index (χ0n) is 13.7. The number of nitrogens with zero attached hydrogens (tertiary/aromatic N) is 2. The predicted octanol–water partition coefficient (Wildman–Crippen LogP) is 5.32. The second-order valence-electron chi connectivity index (χ2n) is 5.61. The van der Waals surface area contributed by atoms with Crippen LogP contribution in [-0.2, 0) is 4.79 Å². The van der Waals surface area contributed by atoms with Gasteiger partial charge in [0, 0.05) is 18.7 Å². The predicted molar refractivity (Wildman–Crippen MR) is 101 cm³/mol. The van der Waals surface area contributed by atoms with Crippen LogP contribution in [0.4, 0.5) is 4.39 Å². The Bertz CT molecular complexity index is 900. The molecular weight excluding hydrogens is 359 g/mol. The zero-order valence-corrected chi connectivity index (χ0v) is 15.3. The third-order valence-corrected chi connectivity index (χ3v) is 5.52. The molecule has 0 radical (unpaired) electrons. The number of carbonyl (C=O) groups is 1. The first-order valence-corrected chi connectivity index (χ1v) is 8.91. The second-order valence-corrected chi connectivity index (χ2v) is 7.08. The van der Waals surface area contributed by atoms with Gasteiger partial charge in [0.05, 0.1) is 21.3 Å². The molecule has 6 heteroatoms. The van der Waals surface area contributed by atoms with E-state index in [1.54, 1.807) is 29.4 Å². The second kappa shape index (κ2) is 7.33. The van der Waals surface area contributed by atoms with E-state index >= 15 is 0 Å². The third kappa shape index (κ3) is 3.72. The van der Waals surface area contributed by atoms with E-state index in [4.69, 9.17) is 11.6 Å². The van der Waals surface area contributed by atoms with E-state index in [1.807, 2.05) is 31.2 Å². The fourth-order valence-electron chi connectivity index (χ4n) is 2.37. The first-order chi connectivity index (χ1) is 12.0. The van der Waals surface area contributed by atoms with Gasteiger partial charge >= 0.3 is 0 Å². The highest BCUT2D eigenvalue weighted by Crippen LogP contribution is 2.29. The fraction of sp³-hybridized carbons (Fsp3) is 0.158. The maximum absolute atomic E-state index is 13.8. The molecule has 0 saturated carbocycles. The molecule has 128 valence electrons. The van der Waals surface area contributed by atoms with Crippen molar-refractivity contribution < 1.29 is 9.18 Å². The Balaban J connectivity index is 1.78. The summed E-state index contributed by atoms with van der Waals surface area (Å²) >= 11 is 7.53. The summed E-state index contributed by atoms with van der Waals surface area (Å²) in [7, 11) is 1.70. The lowest BCUT2D eigenvalue weighted by atomic mass is 10.2. The highest BCUT2D eigenvalue weighted by molar-refractivity contribution is 7.18. The number of likely N-dealkylation sites (N-methyl/N-ethyl adjacent to an activating group) is 1. The molecule has 1 aromatic heterocycles. The van der Waals surface area contributed by atoms with E-state index in [1.165, 1.54) is 24.3 Å². The molecule has 3 aromatic rings. The van der Waals surface area contributed by atoms with Crippen molar-refractivity contribution in [1.29, 1.82) is 0 Å². The highest BCUT2D eigenvalue weighted by Gasteiger charge is 2.19. The van der Waals surface area contributed by atoms with Gasteiger partial charge < -0.3 is 4.90 Å². The van der Waals surface area contributed by atoms with Crippen LogP contribution in [0.1, 0.15) is 23.5 Å². The molecule has 0 aliphatic rings. The number of rotatable bonds is 4. The van der Waals surface area contributed by atoms with Crippen LogP contribution in [0, 0.1) is 5.82 Å². The summed E-state index contributed by atoms with van der Waals surface area (Å²) < 4.78 is 14.9. The van der Waals surface area contributed by atoms with E-state index in [0.29, 0.717) is 0 Å². The van der Waals surface area contributed by atoms with E-state index in [2.05, 4.69) is 4.98 Å². The lowest BCUT2D eigenvalue weighted by molar-refractivity contribution is -0.126. The van der Waals surface area contributed by atoms with Crippen molar-refractivity contribution in [2.45, 2.75) is 13.0 Å². The Morgan fingerprint density at radius 2 is 2.04 bits per heavy atom. The summed E-state index contributed by atoms with van der Waals surface area (Å²) in [5.74, 6) is -0.704. The van der Waals surface area contributed by atoms with Gasteiger partial charge in [-0.05, 0) is 37.3 Å². The van der Waals surface area contributed by atoms with E-state index in [-0.39, 0.29) is 22.5 Å². The van der Waals surface area contributed by atoms with Crippen molar-refractivity contribution in [3.8, 4) is 0 Å². The molecular formula is C19H16ClFN2OS. The Labute approximate surface area is 154 Å². The Hall–Kier alpha value is -2.24. The molecule has 0 saturated heterocycles. The number of fused-ring (bicyclic) bond motifs is 1. The average molecular weight is 375 g/mol. The topological polar surface area (TPSA) is 33.2 Å². The van der Waals surface area contributed by atoms with Crippen molar-refractivity contribution in [2.75, 3.05) is 7.05 Å². The first kappa shape index (κ1) is 17.6. The van der Waals surface area contributed by atoms with E-state index in [9.17, 15) is 9.18 Å². The summed E-state index contributed by atoms with van der Waals surface area (Å²) in [5, 5.41) is 1.13. The molecule has 0 fully saturated rings. The maximum atomic E-state index is 13.8. The average Bonchev–Trinajstić information content (AvgIpc) is 3.04. The van der Waals surface area contributed by atoms with Crippen LogP contribution in [0.3, 0.4) is 0 Å². The number of halogens is 2. The summed E-state index contributed by atoms with van der Waals surface area (Å²) in [4.78, 5) is 18.6. The van der Waals surface area contributed by atoms with Crippen molar-refractivity contribution >= 4 is 45.1 Å². The fourth-order valence-corrected chi connectivity index (χ4v) is 3.66. The van der Waals surface area contributed by atoms with Crippen LogP contribution in [0.15, 0.2) is 48.5 Å². The van der Waals surface area contributed by atoms with Gasteiger partial charge in [-0.25, -0.2) is 9.37 Å². The molecule has 0 N–H and O–H groups in total. The molecule has 0 aliphatic heterocycles. The Morgan fingerprint density at radius 3 is 2.76 bits per heavy atom. The molecule has 0 unspecified atom stereocenters. The minimum absolute atomic E-state index is 0.189. The van der Waals surface area contributed by atoms with Crippen LogP contribution in [0.5, 0.6) is 0 Å². The maximum Gasteiger partial charge on any atom is 0.246 e. The van der Waals surface area contributed by atoms with E-state index < -0.39 is 5.82 Å². The van der Waals surface area contributed by atoms with Gasteiger partial charge in [-0.1, -0.05) is 29.8 Å². The quantitative estimate of drug-likeness (QED) is 0.579. The summed E-state index contributed by atoms with van der Waals surface area (Å²) in [6.45, 7) is 1.92. The molecule has 0 aliphatic carbocycles. The number of para-hydroxylation sites is 1. The lowest BCUT2D eigenvalue weighted by Crippen LogP contribution is -2.27. The van der Waals surface area contributed by atoms with Crippen molar-refractivity contribution in [2.24, 2.45) is 0 Å². The van der Waals surface area contributed by atoms with Gasteiger partial charge in [0.25, 0.3) is 0 Å².